The summed E-state index contributed by atoms with van der Waals surface area (Å²) in [6.07, 6.45) is 0.770. The smallest absolute Gasteiger partial charge is 0.225 e. The van der Waals surface area contributed by atoms with Crippen molar-refractivity contribution in [3.8, 4) is 5.75 Å². The van der Waals surface area contributed by atoms with E-state index in [0.29, 0.717) is 12.2 Å². The van der Waals surface area contributed by atoms with Gasteiger partial charge in [0.05, 0.1) is 19.1 Å². The zero-order valence-electron chi connectivity index (χ0n) is 11.5. The molecule has 1 amide bonds. The Bertz CT molecular complexity index is 657. The number of rotatable bonds is 3. The normalized spacial score (nSPS) is 16.7. The van der Waals surface area contributed by atoms with Crippen molar-refractivity contribution in [3.05, 3.63) is 65.5 Å². The van der Waals surface area contributed by atoms with Gasteiger partial charge in [-0.1, -0.05) is 36.4 Å². The number of halogens is 1. The number of hydrogen-bond acceptors (Lipinski definition) is 2. The Morgan fingerprint density at radius 3 is 2.81 bits per heavy atom. The van der Waals surface area contributed by atoms with Crippen molar-refractivity contribution in [2.75, 3.05) is 6.61 Å². The minimum absolute atomic E-state index is 0.0478. The second-order valence-electron chi connectivity index (χ2n) is 5.06. The van der Waals surface area contributed by atoms with Gasteiger partial charge in [0.25, 0.3) is 0 Å². The number of amides is 1. The zero-order valence-corrected chi connectivity index (χ0v) is 11.5. The van der Waals surface area contributed by atoms with Crippen molar-refractivity contribution in [2.45, 2.75) is 18.9 Å². The second kappa shape index (κ2) is 5.95. The quantitative estimate of drug-likeness (QED) is 0.941. The monoisotopic (exact) mass is 285 g/mol. The fourth-order valence-electron chi connectivity index (χ4n) is 2.55. The highest BCUT2D eigenvalue weighted by Gasteiger charge is 2.22. The van der Waals surface area contributed by atoms with Crippen molar-refractivity contribution in [1.29, 1.82) is 0 Å². The van der Waals surface area contributed by atoms with E-state index in [1.54, 1.807) is 18.2 Å². The van der Waals surface area contributed by atoms with Crippen LogP contribution in [-0.2, 0) is 11.2 Å². The van der Waals surface area contributed by atoms with Crippen LogP contribution in [0.4, 0.5) is 4.39 Å². The van der Waals surface area contributed by atoms with Crippen LogP contribution in [0.2, 0.25) is 0 Å². The number of ether oxygens (including phenoxy) is 1. The summed E-state index contributed by atoms with van der Waals surface area (Å²) in [7, 11) is 0. The van der Waals surface area contributed by atoms with Crippen LogP contribution in [0.5, 0.6) is 5.75 Å². The first-order valence-electron chi connectivity index (χ1n) is 6.98. The summed E-state index contributed by atoms with van der Waals surface area (Å²) in [6, 6.07) is 13.9. The van der Waals surface area contributed by atoms with Gasteiger partial charge in [-0.05, 0) is 17.7 Å². The summed E-state index contributed by atoms with van der Waals surface area (Å²) in [5.74, 6) is 0.279. The molecule has 3 rings (SSSR count). The van der Waals surface area contributed by atoms with Gasteiger partial charge in [-0.2, -0.15) is 0 Å². The molecule has 1 heterocycles. The summed E-state index contributed by atoms with van der Waals surface area (Å²) in [4.78, 5) is 12.1. The SMILES string of the molecule is O=C(Cc1ccccc1F)N[C@H]1CCOc2ccccc21. The van der Waals surface area contributed by atoms with Gasteiger partial charge in [-0.25, -0.2) is 4.39 Å². The maximum absolute atomic E-state index is 13.6. The first-order valence-corrected chi connectivity index (χ1v) is 6.98. The zero-order chi connectivity index (χ0) is 14.7. The van der Waals surface area contributed by atoms with Gasteiger partial charge in [-0.15, -0.1) is 0 Å². The van der Waals surface area contributed by atoms with Gasteiger partial charge >= 0.3 is 0 Å². The Balaban J connectivity index is 1.70. The molecule has 3 nitrogen and oxygen atoms in total. The summed E-state index contributed by atoms with van der Waals surface area (Å²) in [5.41, 5.74) is 1.39. The largest absolute Gasteiger partial charge is 0.493 e. The summed E-state index contributed by atoms with van der Waals surface area (Å²) >= 11 is 0. The highest BCUT2D eigenvalue weighted by molar-refractivity contribution is 5.79. The van der Waals surface area contributed by atoms with Crippen molar-refractivity contribution in [3.63, 3.8) is 0 Å². The molecule has 0 radical (unpaired) electrons. The lowest BCUT2D eigenvalue weighted by molar-refractivity contribution is -0.121. The van der Waals surface area contributed by atoms with Crippen LogP contribution in [0.25, 0.3) is 0 Å². The molecule has 0 spiro atoms. The fourth-order valence-corrected chi connectivity index (χ4v) is 2.55. The van der Waals surface area contributed by atoms with Crippen LogP contribution in [0, 0.1) is 5.82 Å². The molecule has 0 saturated carbocycles. The summed E-state index contributed by atoms with van der Waals surface area (Å²) < 4.78 is 19.1. The molecule has 1 atom stereocenters. The van der Waals surface area contributed by atoms with E-state index < -0.39 is 0 Å². The Morgan fingerprint density at radius 1 is 1.19 bits per heavy atom. The van der Waals surface area contributed by atoms with Gasteiger partial charge < -0.3 is 10.1 Å². The topological polar surface area (TPSA) is 38.3 Å². The minimum Gasteiger partial charge on any atom is -0.493 e. The molecule has 0 aliphatic carbocycles. The third-order valence-corrected chi connectivity index (χ3v) is 3.60. The lowest BCUT2D eigenvalue weighted by Gasteiger charge is -2.26. The highest BCUT2D eigenvalue weighted by atomic mass is 19.1. The Morgan fingerprint density at radius 2 is 1.95 bits per heavy atom. The van der Waals surface area contributed by atoms with E-state index >= 15 is 0 Å². The van der Waals surface area contributed by atoms with Gasteiger partial charge in [0.1, 0.15) is 11.6 Å². The van der Waals surface area contributed by atoms with E-state index in [-0.39, 0.29) is 24.2 Å². The third kappa shape index (κ3) is 3.05. The molecule has 1 N–H and O–H groups in total. The molecule has 108 valence electrons. The molecular weight excluding hydrogens is 269 g/mol. The second-order valence-corrected chi connectivity index (χ2v) is 5.06. The predicted molar refractivity (Wildman–Crippen MR) is 77.5 cm³/mol. The molecule has 0 aromatic heterocycles. The minimum atomic E-state index is -0.347. The van der Waals surface area contributed by atoms with E-state index in [2.05, 4.69) is 5.32 Å². The van der Waals surface area contributed by atoms with Crippen LogP contribution in [0.15, 0.2) is 48.5 Å². The van der Waals surface area contributed by atoms with E-state index in [1.807, 2.05) is 24.3 Å². The number of nitrogens with one attached hydrogen (secondary N) is 1. The van der Waals surface area contributed by atoms with Crippen LogP contribution in [0.1, 0.15) is 23.6 Å². The number of hydrogen-bond donors (Lipinski definition) is 1. The van der Waals surface area contributed by atoms with Crippen molar-refractivity contribution in [2.24, 2.45) is 0 Å². The first kappa shape index (κ1) is 13.6. The van der Waals surface area contributed by atoms with Gasteiger partial charge in [-0.3, -0.25) is 4.79 Å². The third-order valence-electron chi connectivity index (χ3n) is 3.60. The van der Waals surface area contributed by atoms with E-state index in [0.717, 1.165) is 17.7 Å². The summed E-state index contributed by atoms with van der Waals surface area (Å²) in [6.45, 7) is 0.571. The molecule has 21 heavy (non-hydrogen) atoms. The first-order chi connectivity index (χ1) is 10.2. The molecule has 2 aromatic carbocycles. The highest BCUT2D eigenvalue weighted by Crippen LogP contribution is 2.31. The molecule has 0 fully saturated rings. The average molecular weight is 285 g/mol. The fraction of sp³-hybridized carbons (Fsp3) is 0.235. The molecular formula is C17H16FNO2. The van der Waals surface area contributed by atoms with E-state index in [9.17, 15) is 9.18 Å². The molecule has 0 unspecified atom stereocenters. The van der Waals surface area contributed by atoms with Crippen molar-refractivity contribution in [1.82, 2.24) is 5.32 Å². The summed E-state index contributed by atoms with van der Waals surface area (Å²) in [5, 5.41) is 2.97. The maximum atomic E-state index is 13.6. The number of carbonyl (C=O) groups excluding carboxylic acids is 1. The van der Waals surface area contributed by atoms with E-state index in [1.165, 1.54) is 6.07 Å². The lowest BCUT2D eigenvalue weighted by Crippen LogP contribution is -2.33. The lowest BCUT2D eigenvalue weighted by atomic mass is 10.00. The maximum Gasteiger partial charge on any atom is 0.225 e. The van der Waals surface area contributed by atoms with Crippen LogP contribution < -0.4 is 10.1 Å². The predicted octanol–water partition coefficient (Wildman–Crippen LogP) is 3.01. The molecule has 1 aliphatic rings. The number of fused-ring (bicyclic) bond motifs is 1. The standard InChI is InChI=1S/C17H16FNO2/c18-14-7-3-1-5-12(14)11-17(20)19-15-9-10-21-16-8-4-2-6-13(15)16/h1-8,15H,9-11H2,(H,19,20)/t15-/m0/s1. The molecule has 1 aliphatic heterocycles. The van der Waals surface area contributed by atoms with Gasteiger partial charge in [0.15, 0.2) is 0 Å². The van der Waals surface area contributed by atoms with Crippen LogP contribution in [0.3, 0.4) is 0 Å². The number of carbonyl (C=O) groups is 1. The number of para-hydroxylation sites is 1. The van der Waals surface area contributed by atoms with Crippen molar-refractivity contribution < 1.29 is 13.9 Å². The Labute approximate surface area is 122 Å². The van der Waals surface area contributed by atoms with Gasteiger partial charge in [0, 0.05) is 12.0 Å². The molecule has 4 heteroatoms. The average Bonchev–Trinajstić information content (AvgIpc) is 2.50. The van der Waals surface area contributed by atoms with Crippen LogP contribution >= 0.6 is 0 Å². The van der Waals surface area contributed by atoms with E-state index in [4.69, 9.17) is 4.74 Å². The Kier molecular flexibility index (Phi) is 3.86. The molecule has 2 aromatic rings. The molecule has 0 saturated heterocycles. The Hall–Kier alpha value is -2.36. The van der Waals surface area contributed by atoms with Gasteiger partial charge in [0.2, 0.25) is 5.91 Å². The van der Waals surface area contributed by atoms with Crippen molar-refractivity contribution >= 4 is 5.91 Å². The van der Waals surface area contributed by atoms with Crippen LogP contribution in [-0.4, -0.2) is 12.5 Å². The molecule has 0 bridgehead atoms. The number of benzene rings is 2.